The molecule has 0 aromatic heterocycles. The van der Waals surface area contributed by atoms with Crippen LogP contribution in [-0.4, -0.2) is 33.1 Å². The summed E-state index contributed by atoms with van der Waals surface area (Å²) in [6.07, 6.45) is 1.48. The smallest absolute Gasteiger partial charge is 0.272 e. The number of anilines is 1. The Balaban J connectivity index is 2.00. The minimum absolute atomic E-state index is 0.0394. The van der Waals surface area contributed by atoms with Gasteiger partial charge in [0.25, 0.3) is 11.8 Å². The molecule has 0 aliphatic rings. The van der Waals surface area contributed by atoms with Crippen molar-refractivity contribution in [2.45, 2.75) is 0 Å². The summed E-state index contributed by atoms with van der Waals surface area (Å²) in [5.74, 6) is -0.337. The van der Waals surface area contributed by atoms with Gasteiger partial charge in [0.2, 0.25) is 5.75 Å². The number of carbonyl (C=O) groups excluding carboxylic acids is 2. The van der Waals surface area contributed by atoms with Gasteiger partial charge in [-0.2, -0.15) is 0 Å². The molecule has 2 N–H and O–H groups in total. The predicted octanol–water partition coefficient (Wildman–Crippen LogP) is 4.26. The van der Waals surface area contributed by atoms with Gasteiger partial charge in [-0.05, 0) is 60.2 Å². The molecule has 0 aliphatic carbocycles. The molecule has 0 spiro atoms. The molecule has 3 rings (SSSR count). The molecular weight excluding hydrogens is 427 g/mol. The first-order chi connectivity index (χ1) is 15.9. The minimum Gasteiger partial charge on any atom is -0.493 e. The van der Waals surface area contributed by atoms with Crippen LogP contribution in [-0.2, 0) is 4.79 Å². The first kappa shape index (κ1) is 23.3. The molecule has 2 amide bonds. The third kappa shape index (κ3) is 5.88. The van der Waals surface area contributed by atoms with Crippen LogP contribution in [0.5, 0.6) is 17.2 Å². The normalized spacial score (nSPS) is 10.8. The Morgan fingerprint density at radius 1 is 0.848 bits per heavy atom. The molecule has 8 heteroatoms. The molecule has 0 radical (unpaired) electrons. The van der Waals surface area contributed by atoms with E-state index in [9.17, 15) is 14.0 Å². The number of methoxy groups -OCH3 is 3. The summed E-state index contributed by atoms with van der Waals surface area (Å²) in [4.78, 5) is 25.8. The molecule has 0 saturated carbocycles. The highest BCUT2D eigenvalue weighted by Crippen LogP contribution is 2.38. The fraction of sp³-hybridized carbons (Fsp3) is 0.120. The second-order valence-corrected chi connectivity index (χ2v) is 6.80. The van der Waals surface area contributed by atoms with Crippen molar-refractivity contribution in [3.05, 3.63) is 89.4 Å². The lowest BCUT2D eigenvalue weighted by Crippen LogP contribution is -2.30. The monoisotopic (exact) mass is 450 g/mol. The molecule has 3 aromatic carbocycles. The molecule has 0 fully saturated rings. The maximum absolute atomic E-state index is 13.2. The van der Waals surface area contributed by atoms with Crippen LogP contribution < -0.4 is 24.8 Å². The Bertz CT molecular complexity index is 1140. The van der Waals surface area contributed by atoms with Crippen LogP contribution in [0.15, 0.2) is 72.4 Å². The van der Waals surface area contributed by atoms with Crippen molar-refractivity contribution >= 4 is 23.6 Å². The van der Waals surface area contributed by atoms with Crippen molar-refractivity contribution in [1.82, 2.24) is 5.32 Å². The van der Waals surface area contributed by atoms with Crippen molar-refractivity contribution in [1.29, 1.82) is 0 Å². The summed E-state index contributed by atoms with van der Waals surface area (Å²) in [6, 6.07) is 17.0. The van der Waals surface area contributed by atoms with E-state index in [0.717, 1.165) is 0 Å². The lowest BCUT2D eigenvalue weighted by Gasteiger charge is -2.14. The average Bonchev–Trinajstić information content (AvgIpc) is 2.84. The van der Waals surface area contributed by atoms with Gasteiger partial charge in [-0.15, -0.1) is 0 Å². The minimum atomic E-state index is -0.598. The van der Waals surface area contributed by atoms with Crippen molar-refractivity contribution < 1.29 is 28.2 Å². The zero-order valence-corrected chi connectivity index (χ0v) is 18.3. The van der Waals surface area contributed by atoms with Gasteiger partial charge in [-0.25, -0.2) is 4.39 Å². The second kappa shape index (κ2) is 10.8. The zero-order valence-electron chi connectivity index (χ0n) is 18.3. The van der Waals surface area contributed by atoms with Gasteiger partial charge < -0.3 is 24.8 Å². The lowest BCUT2D eigenvalue weighted by molar-refractivity contribution is -0.113. The number of ether oxygens (including phenoxy) is 3. The zero-order chi connectivity index (χ0) is 23.8. The number of halogens is 1. The van der Waals surface area contributed by atoms with Crippen LogP contribution in [0.4, 0.5) is 10.1 Å². The number of hydrogen-bond acceptors (Lipinski definition) is 5. The maximum atomic E-state index is 13.2. The molecular formula is C25H23FN2O5. The van der Waals surface area contributed by atoms with E-state index in [4.69, 9.17) is 14.2 Å². The van der Waals surface area contributed by atoms with Crippen molar-refractivity contribution in [3.8, 4) is 17.2 Å². The van der Waals surface area contributed by atoms with Crippen LogP contribution >= 0.6 is 0 Å². The van der Waals surface area contributed by atoms with E-state index in [1.807, 2.05) is 0 Å². The van der Waals surface area contributed by atoms with E-state index < -0.39 is 17.6 Å². The number of carbonyl (C=O) groups is 2. The third-order valence-corrected chi connectivity index (χ3v) is 4.63. The predicted molar refractivity (Wildman–Crippen MR) is 123 cm³/mol. The molecule has 0 atom stereocenters. The van der Waals surface area contributed by atoms with Crippen molar-refractivity contribution in [3.63, 3.8) is 0 Å². The van der Waals surface area contributed by atoms with Crippen LogP contribution in [0, 0.1) is 5.82 Å². The Labute approximate surface area is 190 Å². The summed E-state index contributed by atoms with van der Waals surface area (Å²) in [5, 5.41) is 5.29. The first-order valence-corrected chi connectivity index (χ1v) is 9.90. The van der Waals surface area contributed by atoms with Gasteiger partial charge in [-0.3, -0.25) is 9.59 Å². The van der Waals surface area contributed by atoms with E-state index in [2.05, 4.69) is 10.6 Å². The standard InChI is InChI=1S/C25H23FN2O5/c1-31-21-14-16(15-22(32-2)23(21)33-3)13-20(28-24(29)17-7-5-4-6-8-17)25(30)27-19-11-9-18(26)10-12-19/h4-15H,1-3H3,(H,27,30)(H,28,29)/b20-13+. The SMILES string of the molecule is COc1cc(/C=C(/NC(=O)c2ccccc2)C(=O)Nc2ccc(F)cc2)cc(OC)c1OC. The molecule has 170 valence electrons. The van der Waals surface area contributed by atoms with Gasteiger partial charge in [0.1, 0.15) is 11.5 Å². The van der Waals surface area contributed by atoms with Gasteiger partial charge in [-0.1, -0.05) is 18.2 Å². The molecule has 0 unspecified atom stereocenters. The topological polar surface area (TPSA) is 85.9 Å². The second-order valence-electron chi connectivity index (χ2n) is 6.80. The van der Waals surface area contributed by atoms with E-state index in [1.165, 1.54) is 51.7 Å². The molecule has 0 aliphatic heterocycles. The summed E-state index contributed by atoms with van der Waals surface area (Å²) in [6.45, 7) is 0. The number of hydrogen-bond donors (Lipinski definition) is 2. The highest BCUT2D eigenvalue weighted by Gasteiger charge is 2.17. The highest BCUT2D eigenvalue weighted by molar-refractivity contribution is 6.10. The Morgan fingerprint density at radius 3 is 2.00 bits per heavy atom. The molecule has 0 bridgehead atoms. The van der Waals surface area contributed by atoms with E-state index in [1.54, 1.807) is 42.5 Å². The average molecular weight is 450 g/mol. The summed E-state index contributed by atoms with van der Waals surface area (Å²) in [7, 11) is 4.44. The van der Waals surface area contributed by atoms with Crippen LogP contribution in [0.3, 0.4) is 0 Å². The van der Waals surface area contributed by atoms with Crippen molar-refractivity contribution in [2.24, 2.45) is 0 Å². The van der Waals surface area contributed by atoms with Crippen molar-refractivity contribution in [2.75, 3.05) is 26.6 Å². The Hall–Kier alpha value is -4.33. The molecule has 0 heterocycles. The number of benzene rings is 3. The fourth-order valence-corrected chi connectivity index (χ4v) is 3.03. The summed E-state index contributed by atoms with van der Waals surface area (Å²) >= 11 is 0. The van der Waals surface area contributed by atoms with Gasteiger partial charge in [0.05, 0.1) is 21.3 Å². The van der Waals surface area contributed by atoms with Gasteiger partial charge in [0.15, 0.2) is 11.5 Å². The maximum Gasteiger partial charge on any atom is 0.272 e. The van der Waals surface area contributed by atoms with Gasteiger partial charge in [0, 0.05) is 11.3 Å². The van der Waals surface area contributed by atoms with Crippen LogP contribution in [0.2, 0.25) is 0 Å². The lowest BCUT2D eigenvalue weighted by atomic mass is 10.1. The third-order valence-electron chi connectivity index (χ3n) is 4.63. The molecule has 0 saturated heterocycles. The van der Waals surface area contributed by atoms with Gasteiger partial charge >= 0.3 is 0 Å². The summed E-state index contributed by atoms with van der Waals surface area (Å²) < 4.78 is 29.3. The Kier molecular flexibility index (Phi) is 7.64. The summed E-state index contributed by atoms with van der Waals surface area (Å²) in [5.41, 5.74) is 1.22. The largest absolute Gasteiger partial charge is 0.493 e. The highest BCUT2D eigenvalue weighted by atomic mass is 19.1. The van der Waals surface area contributed by atoms with E-state index in [0.29, 0.717) is 34.1 Å². The Morgan fingerprint density at radius 2 is 1.45 bits per heavy atom. The number of rotatable bonds is 8. The first-order valence-electron chi connectivity index (χ1n) is 9.90. The molecule has 3 aromatic rings. The van der Waals surface area contributed by atoms with Crippen LogP contribution in [0.25, 0.3) is 6.08 Å². The van der Waals surface area contributed by atoms with E-state index in [-0.39, 0.29) is 5.70 Å². The molecule has 33 heavy (non-hydrogen) atoms. The quantitative estimate of drug-likeness (QED) is 0.501. The number of nitrogens with one attached hydrogen (secondary N) is 2. The van der Waals surface area contributed by atoms with E-state index >= 15 is 0 Å². The fourth-order valence-electron chi connectivity index (χ4n) is 3.03. The number of amides is 2. The van der Waals surface area contributed by atoms with Crippen LogP contribution in [0.1, 0.15) is 15.9 Å². The molecule has 7 nitrogen and oxygen atoms in total.